The van der Waals surface area contributed by atoms with Gasteiger partial charge in [0.2, 0.25) is 5.91 Å². The van der Waals surface area contributed by atoms with Gasteiger partial charge in [0.1, 0.15) is 6.54 Å². The Morgan fingerprint density at radius 1 is 1.00 bits per heavy atom. The largest absolute Gasteiger partial charge is 0.336 e. The highest BCUT2D eigenvalue weighted by atomic mass is 32.2. The number of likely N-dealkylation sites (N-methyl/N-ethyl adjacent to an activating group) is 1. The molecule has 0 unspecified atom stereocenters. The lowest BCUT2D eigenvalue weighted by Crippen LogP contribution is -2.43. The van der Waals surface area contributed by atoms with Crippen LogP contribution in [0, 0.1) is 20.8 Å². The van der Waals surface area contributed by atoms with Crippen LogP contribution in [0.3, 0.4) is 0 Å². The summed E-state index contributed by atoms with van der Waals surface area (Å²) < 4.78 is 28.3. The molecule has 1 amide bonds. The molecule has 0 aliphatic rings. The molecule has 2 aromatic heterocycles. The zero-order valence-electron chi connectivity index (χ0n) is 18.8. The van der Waals surface area contributed by atoms with E-state index in [-0.39, 0.29) is 17.5 Å². The molecular weight excluding hydrogens is 424 g/mol. The Morgan fingerprint density at radius 2 is 1.75 bits per heavy atom. The predicted octanol–water partition coefficient (Wildman–Crippen LogP) is 3.65. The smallest absolute Gasteiger partial charge is 0.282 e. The summed E-state index contributed by atoms with van der Waals surface area (Å²) in [5.41, 5.74) is 3.46. The minimum atomic E-state index is -4.06. The SMILES string of the molecule is CCN(Cc1cccc(C)n1)C(=O)CN(c1cccc(C)c1)S(=O)(=O)c1ncccc1C. The number of rotatable bonds is 8. The first-order valence-electron chi connectivity index (χ1n) is 10.4. The van der Waals surface area contributed by atoms with Crippen molar-refractivity contribution in [1.82, 2.24) is 14.9 Å². The van der Waals surface area contributed by atoms with Gasteiger partial charge in [0, 0.05) is 18.4 Å². The summed E-state index contributed by atoms with van der Waals surface area (Å²) in [6.07, 6.45) is 1.44. The molecule has 8 heteroatoms. The van der Waals surface area contributed by atoms with Crippen LogP contribution in [0.15, 0.2) is 65.8 Å². The third kappa shape index (κ3) is 5.31. The summed E-state index contributed by atoms with van der Waals surface area (Å²) in [4.78, 5) is 23.4. The Kier molecular flexibility index (Phi) is 7.25. The van der Waals surface area contributed by atoms with E-state index in [0.717, 1.165) is 21.3 Å². The minimum absolute atomic E-state index is 0.0577. The highest BCUT2D eigenvalue weighted by Gasteiger charge is 2.31. The monoisotopic (exact) mass is 452 g/mol. The summed E-state index contributed by atoms with van der Waals surface area (Å²) in [5, 5.41) is -0.0577. The van der Waals surface area contributed by atoms with Crippen molar-refractivity contribution in [2.75, 3.05) is 17.4 Å². The Balaban J connectivity index is 1.97. The van der Waals surface area contributed by atoms with Crippen LogP contribution in [0.5, 0.6) is 0 Å². The number of pyridine rings is 2. The van der Waals surface area contributed by atoms with Crippen LogP contribution in [-0.4, -0.2) is 42.3 Å². The van der Waals surface area contributed by atoms with Crippen molar-refractivity contribution in [2.24, 2.45) is 0 Å². The van der Waals surface area contributed by atoms with Gasteiger partial charge in [-0.05, 0) is 69.2 Å². The topological polar surface area (TPSA) is 83.5 Å². The molecule has 2 heterocycles. The number of aryl methyl sites for hydroxylation is 3. The fraction of sp³-hybridized carbons (Fsp3) is 0.292. The number of carbonyl (C=O) groups is 1. The summed E-state index contributed by atoms with van der Waals surface area (Å²) in [6, 6.07) is 16.1. The standard InChI is InChI=1S/C24H28N4O3S/c1-5-27(16-21-12-7-11-20(4)26-21)23(29)17-28(22-13-6-9-18(2)15-22)32(30,31)24-19(3)10-8-14-25-24/h6-15H,5,16-17H2,1-4H3. The zero-order chi connectivity index (χ0) is 23.3. The lowest BCUT2D eigenvalue weighted by molar-refractivity contribution is -0.130. The molecule has 0 atom stereocenters. The van der Waals surface area contributed by atoms with Gasteiger partial charge in [-0.1, -0.05) is 24.3 Å². The van der Waals surface area contributed by atoms with Gasteiger partial charge in [-0.3, -0.25) is 14.1 Å². The lowest BCUT2D eigenvalue weighted by Gasteiger charge is -2.28. The average Bonchev–Trinajstić information content (AvgIpc) is 2.75. The Morgan fingerprint density at radius 3 is 2.41 bits per heavy atom. The van der Waals surface area contributed by atoms with Gasteiger partial charge < -0.3 is 4.90 Å². The number of hydrogen-bond donors (Lipinski definition) is 0. The van der Waals surface area contributed by atoms with E-state index in [0.29, 0.717) is 24.3 Å². The van der Waals surface area contributed by atoms with E-state index in [1.165, 1.54) is 6.20 Å². The molecule has 0 saturated carbocycles. The number of nitrogens with zero attached hydrogens (tertiary/aromatic N) is 4. The van der Waals surface area contributed by atoms with Gasteiger partial charge in [-0.2, -0.15) is 8.42 Å². The quantitative estimate of drug-likeness (QED) is 0.521. The van der Waals surface area contributed by atoms with E-state index in [9.17, 15) is 13.2 Å². The molecule has 168 valence electrons. The summed E-state index contributed by atoms with van der Waals surface area (Å²) >= 11 is 0. The van der Waals surface area contributed by atoms with Crippen molar-refractivity contribution in [3.63, 3.8) is 0 Å². The lowest BCUT2D eigenvalue weighted by atomic mass is 10.2. The van der Waals surface area contributed by atoms with E-state index in [1.807, 2.05) is 45.0 Å². The molecule has 0 fully saturated rings. The predicted molar refractivity (Wildman–Crippen MR) is 125 cm³/mol. The number of sulfonamides is 1. The van der Waals surface area contributed by atoms with Gasteiger partial charge in [-0.15, -0.1) is 0 Å². The molecule has 0 radical (unpaired) electrons. The molecule has 0 bridgehead atoms. The van der Waals surface area contributed by atoms with Crippen LogP contribution in [0.4, 0.5) is 5.69 Å². The van der Waals surface area contributed by atoms with Crippen molar-refractivity contribution >= 4 is 21.6 Å². The number of anilines is 1. The van der Waals surface area contributed by atoms with Crippen molar-refractivity contribution < 1.29 is 13.2 Å². The first kappa shape index (κ1) is 23.4. The Bertz CT molecular complexity index is 1210. The normalized spacial score (nSPS) is 11.2. The minimum Gasteiger partial charge on any atom is -0.336 e. The Labute approximate surface area is 189 Å². The van der Waals surface area contributed by atoms with Gasteiger partial charge in [-0.25, -0.2) is 4.98 Å². The maximum atomic E-state index is 13.6. The fourth-order valence-electron chi connectivity index (χ4n) is 3.43. The van der Waals surface area contributed by atoms with Gasteiger partial charge in [0.15, 0.2) is 5.03 Å². The van der Waals surface area contributed by atoms with Crippen molar-refractivity contribution in [3.05, 3.63) is 83.3 Å². The molecule has 3 aromatic rings. The maximum absolute atomic E-state index is 13.6. The molecule has 32 heavy (non-hydrogen) atoms. The number of benzene rings is 1. The maximum Gasteiger partial charge on any atom is 0.282 e. The first-order chi connectivity index (χ1) is 15.2. The number of aromatic nitrogens is 2. The van der Waals surface area contributed by atoms with E-state index >= 15 is 0 Å². The van der Waals surface area contributed by atoms with Crippen LogP contribution in [-0.2, 0) is 21.4 Å². The van der Waals surface area contributed by atoms with Crippen LogP contribution in [0.1, 0.15) is 29.4 Å². The molecule has 7 nitrogen and oxygen atoms in total. The van der Waals surface area contributed by atoms with Crippen molar-refractivity contribution in [1.29, 1.82) is 0 Å². The molecule has 0 N–H and O–H groups in total. The molecule has 0 spiro atoms. The number of amides is 1. The molecule has 1 aromatic carbocycles. The van der Waals surface area contributed by atoms with Crippen molar-refractivity contribution in [2.45, 2.75) is 39.3 Å². The summed E-state index contributed by atoms with van der Waals surface area (Å²) in [5.74, 6) is -0.311. The molecule has 3 rings (SSSR count). The second-order valence-corrected chi connectivity index (χ2v) is 9.43. The molecule has 0 aliphatic heterocycles. The third-order valence-corrected chi connectivity index (χ3v) is 6.93. The Hall–Kier alpha value is -3.26. The van der Waals surface area contributed by atoms with Gasteiger partial charge in [0.05, 0.1) is 17.9 Å². The average molecular weight is 453 g/mol. The van der Waals surface area contributed by atoms with E-state index < -0.39 is 10.0 Å². The summed E-state index contributed by atoms with van der Waals surface area (Å²) in [6.45, 7) is 7.73. The van der Waals surface area contributed by atoms with Crippen LogP contribution >= 0.6 is 0 Å². The second-order valence-electron chi connectivity index (χ2n) is 7.65. The van der Waals surface area contributed by atoms with Crippen LogP contribution in [0.2, 0.25) is 0 Å². The highest BCUT2D eigenvalue weighted by molar-refractivity contribution is 7.92. The molecule has 0 saturated heterocycles. The van der Waals surface area contributed by atoms with Crippen LogP contribution in [0.25, 0.3) is 0 Å². The number of hydrogen-bond acceptors (Lipinski definition) is 5. The van der Waals surface area contributed by atoms with Crippen molar-refractivity contribution in [3.8, 4) is 0 Å². The van der Waals surface area contributed by atoms with E-state index in [2.05, 4.69) is 9.97 Å². The fourth-order valence-corrected chi connectivity index (χ4v) is 4.98. The van der Waals surface area contributed by atoms with Crippen LogP contribution < -0.4 is 4.31 Å². The number of carbonyl (C=O) groups excluding carboxylic acids is 1. The second kappa shape index (κ2) is 9.91. The van der Waals surface area contributed by atoms with E-state index in [1.54, 1.807) is 42.2 Å². The summed E-state index contributed by atoms with van der Waals surface area (Å²) in [7, 11) is -4.06. The van der Waals surface area contributed by atoms with Gasteiger partial charge >= 0.3 is 0 Å². The van der Waals surface area contributed by atoms with E-state index in [4.69, 9.17) is 0 Å². The molecular formula is C24H28N4O3S. The zero-order valence-corrected chi connectivity index (χ0v) is 19.6. The third-order valence-electron chi connectivity index (χ3n) is 5.10. The van der Waals surface area contributed by atoms with Gasteiger partial charge in [0.25, 0.3) is 10.0 Å². The molecule has 0 aliphatic carbocycles. The first-order valence-corrected chi connectivity index (χ1v) is 11.9. The highest BCUT2D eigenvalue weighted by Crippen LogP contribution is 2.25.